The van der Waals surface area contributed by atoms with Gasteiger partial charge in [0.2, 0.25) is 0 Å². The average molecular weight is 235 g/mol. The van der Waals surface area contributed by atoms with Crippen molar-refractivity contribution in [3.8, 4) is 6.07 Å². The third-order valence-corrected chi connectivity index (χ3v) is 3.90. The predicted octanol–water partition coefficient (Wildman–Crippen LogP) is 1.95. The van der Waals surface area contributed by atoms with Crippen LogP contribution in [0.2, 0.25) is 0 Å². The second-order valence-corrected chi connectivity index (χ2v) is 4.84. The number of thiophene rings is 1. The number of hydrogen-bond donors (Lipinski definition) is 0. The fraction of sp³-hybridized carbons (Fsp3) is 0.583. The van der Waals surface area contributed by atoms with E-state index in [1.807, 2.05) is 5.38 Å². The average Bonchev–Trinajstić information content (AvgIpc) is 2.85. The van der Waals surface area contributed by atoms with Crippen molar-refractivity contribution < 1.29 is 0 Å². The Morgan fingerprint density at radius 1 is 1.44 bits per heavy atom. The molecule has 16 heavy (non-hydrogen) atoms. The van der Waals surface area contributed by atoms with Crippen molar-refractivity contribution >= 4 is 11.3 Å². The summed E-state index contributed by atoms with van der Waals surface area (Å²) in [5.74, 6) is 0. The van der Waals surface area contributed by atoms with Crippen molar-refractivity contribution in [2.24, 2.45) is 0 Å². The quantitative estimate of drug-likeness (QED) is 0.802. The normalized spacial score (nSPS) is 20.5. The molecular weight excluding hydrogens is 218 g/mol. The monoisotopic (exact) mass is 235 g/mol. The van der Waals surface area contributed by atoms with Crippen LogP contribution in [0.15, 0.2) is 16.8 Å². The summed E-state index contributed by atoms with van der Waals surface area (Å²) >= 11 is 1.66. The van der Waals surface area contributed by atoms with Crippen LogP contribution in [0.25, 0.3) is 0 Å². The maximum atomic E-state index is 9.27. The molecule has 0 bridgehead atoms. The lowest BCUT2D eigenvalue weighted by Gasteiger charge is -2.36. The van der Waals surface area contributed by atoms with E-state index >= 15 is 0 Å². The number of piperazine rings is 1. The Morgan fingerprint density at radius 2 is 2.19 bits per heavy atom. The van der Waals surface area contributed by atoms with Crippen LogP contribution < -0.4 is 0 Å². The molecule has 4 heteroatoms. The molecule has 0 spiro atoms. The van der Waals surface area contributed by atoms with Crippen molar-refractivity contribution in [2.75, 3.05) is 32.7 Å². The highest BCUT2D eigenvalue weighted by atomic mass is 32.1. The lowest BCUT2D eigenvalue weighted by Crippen LogP contribution is -2.47. The molecular formula is C12H17N3S. The molecule has 1 atom stereocenters. The Bertz CT molecular complexity index is 347. The van der Waals surface area contributed by atoms with Crippen LogP contribution in [-0.2, 0) is 0 Å². The Morgan fingerprint density at radius 3 is 2.69 bits per heavy atom. The smallest absolute Gasteiger partial charge is 0.124 e. The van der Waals surface area contributed by atoms with Crippen molar-refractivity contribution in [3.63, 3.8) is 0 Å². The lowest BCUT2D eigenvalue weighted by atomic mass is 10.1. The van der Waals surface area contributed by atoms with Gasteiger partial charge in [-0.25, -0.2) is 0 Å². The maximum Gasteiger partial charge on any atom is 0.124 e. The van der Waals surface area contributed by atoms with Crippen LogP contribution in [0.3, 0.4) is 0 Å². The number of nitrogens with zero attached hydrogens (tertiary/aromatic N) is 3. The van der Waals surface area contributed by atoms with Gasteiger partial charge < -0.3 is 4.90 Å². The molecule has 0 aliphatic carbocycles. The SMILES string of the molecule is CCN1CCN(C(C#N)c2ccsc2)CC1. The molecule has 2 rings (SSSR count). The molecule has 86 valence electrons. The Hall–Kier alpha value is -0.890. The van der Waals surface area contributed by atoms with E-state index in [0.717, 1.165) is 38.3 Å². The van der Waals surface area contributed by atoms with Gasteiger partial charge in [-0.05, 0) is 28.9 Å². The largest absolute Gasteiger partial charge is 0.301 e. The molecule has 1 aromatic heterocycles. The number of hydrogen-bond acceptors (Lipinski definition) is 4. The van der Waals surface area contributed by atoms with Gasteiger partial charge in [0.25, 0.3) is 0 Å². The van der Waals surface area contributed by atoms with E-state index in [4.69, 9.17) is 0 Å². The molecule has 1 unspecified atom stereocenters. The fourth-order valence-electron chi connectivity index (χ4n) is 2.14. The number of rotatable bonds is 3. The van der Waals surface area contributed by atoms with E-state index in [-0.39, 0.29) is 6.04 Å². The van der Waals surface area contributed by atoms with Crippen molar-refractivity contribution in [3.05, 3.63) is 22.4 Å². The molecule has 0 radical (unpaired) electrons. The summed E-state index contributed by atoms with van der Waals surface area (Å²) < 4.78 is 0. The molecule has 3 nitrogen and oxygen atoms in total. The second kappa shape index (κ2) is 5.44. The molecule has 1 saturated heterocycles. The van der Waals surface area contributed by atoms with Crippen LogP contribution >= 0.6 is 11.3 Å². The summed E-state index contributed by atoms with van der Waals surface area (Å²) in [7, 11) is 0. The third-order valence-electron chi connectivity index (χ3n) is 3.20. The van der Waals surface area contributed by atoms with Crippen molar-refractivity contribution in [2.45, 2.75) is 13.0 Å². The minimum Gasteiger partial charge on any atom is -0.301 e. The molecule has 0 aromatic carbocycles. The van der Waals surface area contributed by atoms with Gasteiger partial charge >= 0.3 is 0 Å². The van der Waals surface area contributed by atoms with Crippen LogP contribution in [0.5, 0.6) is 0 Å². The summed E-state index contributed by atoms with van der Waals surface area (Å²) in [6.45, 7) is 7.47. The zero-order valence-corrected chi connectivity index (χ0v) is 10.4. The maximum absolute atomic E-state index is 9.27. The summed E-state index contributed by atoms with van der Waals surface area (Å²) in [6, 6.07) is 4.43. The van der Waals surface area contributed by atoms with Gasteiger partial charge in [0.15, 0.2) is 0 Å². The summed E-state index contributed by atoms with van der Waals surface area (Å²) in [5, 5.41) is 13.4. The minimum atomic E-state index is -0.0507. The minimum absolute atomic E-state index is 0.0507. The Labute approximate surface area is 101 Å². The Balaban J connectivity index is 2.00. The molecule has 1 aliphatic rings. The van der Waals surface area contributed by atoms with E-state index in [1.165, 1.54) is 0 Å². The van der Waals surface area contributed by atoms with Gasteiger partial charge in [0.1, 0.15) is 6.04 Å². The highest BCUT2D eigenvalue weighted by Crippen LogP contribution is 2.23. The van der Waals surface area contributed by atoms with Gasteiger partial charge in [-0.1, -0.05) is 6.92 Å². The van der Waals surface area contributed by atoms with Crippen LogP contribution in [0.1, 0.15) is 18.5 Å². The summed E-state index contributed by atoms with van der Waals surface area (Å²) in [4.78, 5) is 4.72. The topological polar surface area (TPSA) is 30.3 Å². The first-order valence-corrected chi connectivity index (χ1v) is 6.67. The standard InChI is InChI=1S/C12H17N3S/c1-2-14-4-6-15(7-5-14)12(9-13)11-3-8-16-10-11/h3,8,10,12H,2,4-7H2,1H3. The van der Waals surface area contributed by atoms with Gasteiger partial charge in [-0.15, -0.1) is 0 Å². The first-order chi connectivity index (χ1) is 7.85. The van der Waals surface area contributed by atoms with Crippen LogP contribution in [0, 0.1) is 11.3 Å². The number of likely N-dealkylation sites (N-methyl/N-ethyl adjacent to an activating group) is 1. The van der Waals surface area contributed by atoms with E-state index in [2.05, 4.69) is 34.2 Å². The first kappa shape index (κ1) is 11.6. The zero-order chi connectivity index (χ0) is 11.4. The predicted molar refractivity (Wildman–Crippen MR) is 66.4 cm³/mol. The second-order valence-electron chi connectivity index (χ2n) is 4.06. The lowest BCUT2D eigenvalue weighted by molar-refractivity contribution is 0.118. The third kappa shape index (κ3) is 2.43. The first-order valence-electron chi connectivity index (χ1n) is 5.73. The Kier molecular flexibility index (Phi) is 3.94. The highest BCUT2D eigenvalue weighted by molar-refractivity contribution is 7.08. The van der Waals surface area contributed by atoms with Crippen molar-refractivity contribution in [1.82, 2.24) is 9.80 Å². The summed E-state index contributed by atoms with van der Waals surface area (Å²) in [5.41, 5.74) is 1.15. The van der Waals surface area contributed by atoms with Crippen LogP contribution in [-0.4, -0.2) is 42.5 Å². The van der Waals surface area contributed by atoms with Gasteiger partial charge in [0, 0.05) is 26.2 Å². The van der Waals surface area contributed by atoms with Gasteiger partial charge in [-0.3, -0.25) is 4.90 Å². The molecule has 1 aromatic rings. The van der Waals surface area contributed by atoms with Crippen molar-refractivity contribution in [1.29, 1.82) is 5.26 Å². The zero-order valence-electron chi connectivity index (χ0n) is 9.59. The van der Waals surface area contributed by atoms with Crippen LogP contribution in [0.4, 0.5) is 0 Å². The van der Waals surface area contributed by atoms with E-state index in [0.29, 0.717) is 0 Å². The molecule has 2 heterocycles. The van der Waals surface area contributed by atoms with Gasteiger partial charge in [-0.2, -0.15) is 16.6 Å². The molecule has 0 amide bonds. The molecule has 1 aliphatic heterocycles. The van der Waals surface area contributed by atoms with E-state index in [1.54, 1.807) is 11.3 Å². The fourth-order valence-corrected chi connectivity index (χ4v) is 2.81. The molecule has 0 saturated carbocycles. The molecule has 1 fully saturated rings. The summed E-state index contributed by atoms with van der Waals surface area (Å²) in [6.07, 6.45) is 0. The van der Waals surface area contributed by atoms with E-state index < -0.39 is 0 Å². The highest BCUT2D eigenvalue weighted by Gasteiger charge is 2.24. The molecule has 0 N–H and O–H groups in total. The van der Waals surface area contributed by atoms with Gasteiger partial charge in [0.05, 0.1) is 6.07 Å². The van der Waals surface area contributed by atoms with E-state index in [9.17, 15) is 5.26 Å². The number of nitriles is 1.